The number of thioether (sulfide) groups is 1. The zero-order valence-corrected chi connectivity index (χ0v) is 16.1. The van der Waals surface area contributed by atoms with Gasteiger partial charge in [-0.1, -0.05) is 29.8 Å². The van der Waals surface area contributed by atoms with E-state index in [0.29, 0.717) is 30.1 Å². The maximum atomic E-state index is 12.6. The van der Waals surface area contributed by atoms with Crippen molar-refractivity contribution in [2.75, 3.05) is 18.8 Å². The first-order chi connectivity index (χ1) is 12.6. The largest absolute Gasteiger partial charge is 0.343 e. The normalized spacial score (nSPS) is 15.0. The first-order valence-electron chi connectivity index (χ1n) is 8.89. The molecule has 1 heterocycles. The van der Waals surface area contributed by atoms with Crippen molar-refractivity contribution in [3.63, 3.8) is 0 Å². The number of likely N-dealkylation sites (tertiary alicyclic amines) is 1. The fourth-order valence-electron chi connectivity index (χ4n) is 3.17. The van der Waals surface area contributed by atoms with E-state index in [4.69, 9.17) is 11.6 Å². The summed E-state index contributed by atoms with van der Waals surface area (Å²) in [6, 6.07) is 17.2. The van der Waals surface area contributed by atoms with Gasteiger partial charge in [-0.15, -0.1) is 11.8 Å². The van der Waals surface area contributed by atoms with Crippen LogP contribution in [-0.2, 0) is 4.79 Å². The fourth-order valence-corrected chi connectivity index (χ4v) is 4.16. The van der Waals surface area contributed by atoms with E-state index in [1.807, 2.05) is 23.1 Å². The molecule has 0 bridgehead atoms. The molecule has 1 saturated heterocycles. The van der Waals surface area contributed by atoms with E-state index in [-0.39, 0.29) is 17.6 Å². The predicted molar refractivity (Wildman–Crippen MR) is 107 cm³/mol. The van der Waals surface area contributed by atoms with Crippen LogP contribution in [0.2, 0.25) is 5.02 Å². The van der Waals surface area contributed by atoms with Crippen LogP contribution in [0.4, 0.5) is 0 Å². The Morgan fingerprint density at radius 1 is 1.00 bits per heavy atom. The first-order valence-corrected chi connectivity index (χ1v) is 10.3. The van der Waals surface area contributed by atoms with Gasteiger partial charge < -0.3 is 4.90 Å². The zero-order valence-electron chi connectivity index (χ0n) is 14.6. The third-order valence-electron chi connectivity index (χ3n) is 4.68. The molecule has 0 aliphatic carbocycles. The molecule has 1 fully saturated rings. The molecule has 136 valence electrons. The summed E-state index contributed by atoms with van der Waals surface area (Å²) < 4.78 is 0. The number of piperidine rings is 1. The SMILES string of the molecule is O=C(c1ccc(Cl)cc1)C1CCN(C(=O)CCSc2ccccc2)CC1. The molecular formula is C21H22ClNO2S. The summed E-state index contributed by atoms with van der Waals surface area (Å²) in [4.78, 5) is 28.0. The van der Waals surface area contributed by atoms with Crippen molar-refractivity contribution in [2.45, 2.75) is 24.2 Å². The van der Waals surface area contributed by atoms with Crippen LogP contribution in [0.3, 0.4) is 0 Å². The number of rotatable bonds is 6. The van der Waals surface area contributed by atoms with Gasteiger partial charge in [-0.3, -0.25) is 9.59 Å². The molecule has 5 heteroatoms. The highest BCUT2D eigenvalue weighted by Crippen LogP contribution is 2.24. The Morgan fingerprint density at radius 3 is 2.31 bits per heavy atom. The first kappa shape index (κ1) is 19.0. The van der Waals surface area contributed by atoms with E-state index in [1.54, 1.807) is 36.0 Å². The third kappa shape index (κ3) is 5.12. The van der Waals surface area contributed by atoms with Crippen LogP contribution in [0.1, 0.15) is 29.6 Å². The van der Waals surface area contributed by atoms with Gasteiger partial charge in [0.05, 0.1) is 0 Å². The quantitative estimate of drug-likeness (QED) is 0.520. The number of Topliss-reactive ketones (excluding diaryl/α,β-unsaturated/α-hetero) is 1. The molecule has 2 aromatic carbocycles. The number of ketones is 1. The second kappa shape index (κ2) is 9.24. The highest BCUT2D eigenvalue weighted by atomic mass is 35.5. The van der Waals surface area contributed by atoms with Crippen LogP contribution in [0.25, 0.3) is 0 Å². The molecule has 26 heavy (non-hydrogen) atoms. The summed E-state index contributed by atoms with van der Waals surface area (Å²) in [6.45, 7) is 1.33. The van der Waals surface area contributed by atoms with Crippen LogP contribution in [0.15, 0.2) is 59.5 Å². The van der Waals surface area contributed by atoms with Crippen LogP contribution in [0, 0.1) is 5.92 Å². The van der Waals surface area contributed by atoms with Gasteiger partial charge in [-0.2, -0.15) is 0 Å². The number of carbonyl (C=O) groups excluding carboxylic acids is 2. The summed E-state index contributed by atoms with van der Waals surface area (Å²) in [7, 11) is 0. The Morgan fingerprint density at radius 2 is 1.65 bits per heavy atom. The third-order valence-corrected chi connectivity index (χ3v) is 5.94. The van der Waals surface area contributed by atoms with Crippen molar-refractivity contribution in [2.24, 2.45) is 5.92 Å². The Kier molecular flexibility index (Phi) is 6.75. The Bertz CT molecular complexity index is 740. The molecule has 1 aliphatic rings. The van der Waals surface area contributed by atoms with Crippen molar-refractivity contribution in [3.05, 3.63) is 65.2 Å². The molecule has 3 nitrogen and oxygen atoms in total. The van der Waals surface area contributed by atoms with Crippen molar-refractivity contribution in [1.29, 1.82) is 0 Å². The summed E-state index contributed by atoms with van der Waals surface area (Å²) in [6.07, 6.45) is 2.01. The van der Waals surface area contributed by atoms with E-state index in [1.165, 1.54) is 4.90 Å². The van der Waals surface area contributed by atoms with Crippen LogP contribution in [-0.4, -0.2) is 35.4 Å². The van der Waals surface area contributed by atoms with E-state index in [2.05, 4.69) is 12.1 Å². The number of nitrogens with zero attached hydrogens (tertiary/aromatic N) is 1. The highest BCUT2D eigenvalue weighted by Gasteiger charge is 2.27. The van der Waals surface area contributed by atoms with Gasteiger partial charge >= 0.3 is 0 Å². The van der Waals surface area contributed by atoms with E-state index < -0.39 is 0 Å². The number of hydrogen-bond acceptors (Lipinski definition) is 3. The average molecular weight is 388 g/mol. The van der Waals surface area contributed by atoms with Crippen molar-refractivity contribution in [1.82, 2.24) is 4.90 Å². The molecule has 0 saturated carbocycles. The van der Waals surface area contributed by atoms with Gasteiger partial charge in [-0.25, -0.2) is 0 Å². The number of hydrogen-bond donors (Lipinski definition) is 0. The minimum absolute atomic E-state index is 0.00100. The maximum Gasteiger partial charge on any atom is 0.223 e. The lowest BCUT2D eigenvalue weighted by Gasteiger charge is -2.31. The fraction of sp³-hybridized carbons (Fsp3) is 0.333. The Hall–Kier alpha value is -1.78. The van der Waals surface area contributed by atoms with Crippen molar-refractivity contribution >= 4 is 35.1 Å². The Labute approximate surface area is 163 Å². The molecule has 0 spiro atoms. The summed E-state index contributed by atoms with van der Waals surface area (Å²) in [5, 5.41) is 0.635. The molecular weight excluding hydrogens is 366 g/mol. The molecule has 0 N–H and O–H groups in total. The highest BCUT2D eigenvalue weighted by molar-refractivity contribution is 7.99. The molecule has 3 rings (SSSR count). The topological polar surface area (TPSA) is 37.4 Å². The van der Waals surface area contributed by atoms with Gasteiger partial charge in [0.25, 0.3) is 0 Å². The van der Waals surface area contributed by atoms with Gasteiger partial charge in [0.2, 0.25) is 5.91 Å². The van der Waals surface area contributed by atoms with E-state index >= 15 is 0 Å². The average Bonchev–Trinajstić information content (AvgIpc) is 2.69. The van der Waals surface area contributed by atoms with E-state index in [9.17, 15) is 9.59 Å². The standard InChI is InChI=1S/C21H22ClNO2S/c22-18-8-6-16(7-9-18)21(25)17-10-13-23(14-11-17)20(24)12-15-26-19-4-2-1-3-5-19/h1-9,17H,10-15H2. The van der Waals surface area contributed by atoms with Crippen molar-refractivity contribution < 1.29 is 9.59 Å². The number of halogens is 1. The number of carbonyl (C=O) groups is 2. The van der Waals surface area contributed by atoms with Crippen LogP contribution < -0.4 is 0 Å². The molecule has 2 aromatic rings. The van der Waals surface area contributed by atoms with Crippen LogP contribution in [0.5, 0.6) is 0 Å². The number of benzene rings is 2. The van der Waals surface area contributed by atoms with Gasteiger partial charge in [0.15, 0.2) is 5.78 Å². The minimum Gasteiger partial charge on any atom is -0.343 e. The molecule has 0 radical (unpaired) electrons. The van der Waals surface area contributed by atoms with E-state index in [0.717, 1.165) is 18.6 Å². The monoisotopic (exact) mass is 387 g/mol. The molecule has 0 aromatic heterocycles. The minimum atomic E-state index is -0.00100. The smallest absolute Gasteiger partial charge is 0.223 e. The maximum absolute atomic E-state index is 12.6. The second-order valence-corrected chi connectivity index (χ2v) is 8.04. The lowest BCUT2D eigenvalue weighted by Crippen LogP contribution is -2.40. The van der Waals surface area contributed by atoms with Crippen molar-refractivity contribution in [3.8, 4) is 0 Å². The molecule has 1 amide bonds. The lowest BCUT2D eigenvalue weighted by molar-refractivity contribution is -0.131. The van der Waals surface area contributed by atoms with Crippen LogP contribution >= 0.6 is 23.4 Å². The predicted octanol–water partition coefficient (Wildman–Crippen LogP) is 4.94. The Balaban J connectivity index is 1.43. The summed E-state index contributed by atoms with van der Waals surface area (Å²) in [5.41, 5.74) is 0.707. The van der Waals surface area contributed by atoms with Gasteiger partial charge in [0.1, 0.15) is 0 Å². The van der Waals surface area contributed by atoms with Gasteiger partial charge in [0, 0.05) is 46.7 Å². The molecule has 0 atom stereocenters. The molecule has 1 aliphatic heterocycles. The summed E-state index contributed by atoms with van der Waals surface area (Å²) in [5.74, 6) is 1.13. The molecule has 0 unspecified atom stereocenters. The lowest BCUT2D eigenvalue weighted by atomic mass is 9.89. The van der Waals surface area contributed by atoms with Gasteiger partial charge in [-0.05, 0) is 49.2 Å². The summed E-state index contributed by atoms with van der Waals surface area (Å²) >= 11 is 7.58. The number of amides is 1. The second-order valence-electron chi connectivity index (χ2n) is 6.44. The zero-order chi connectivity index (χ0) is 18.4.